The predicted octanol–water partition coefficient (Wildman–Crippen LogP) is 3.45. The van der Waals surface area contributed by atoms with Gasteiger partial charge in [0.25, 0.3) is 0 Å². The van der Waals surface area contributed by atoms with E-state index in [-0.39, 0.29) is 24.0 Å². The molecule has 0 aliphatic carbocycles. The highest BCUT2D eigenvalue weighted by Gasteiger charge is 2.38. The Labute approximate surface area is 196 Å². The molecule has 2 fully saturated rings. The summed E-state index contributed by atoms with van der Waals surface area (Å²) in [5, 5.41) is 14.7. The zero-order valence-corrected chi connectivity index (χ0v) is 19.2. The van der Waals surface area contributed by atoms with Gasteiger partial charge in [0.05, 0.1) is 41.2 Å². The third-order valence-corrected chi connectivity index (χ3v) is 7.06. The van der Waals surface area contributed by atoms with Gasteiger partial charge in [-0.25, -0.2) is 4.98 Å². The van der Waals surface area contributed by atoms with E-state index in [0.717, 1.165) is 46.4 Å². The summed E-state index contributed by atoms with van der Waals surface area (Å²) >= 11 is 0. The lowest BCUT2D eigenvalue weighted by atomic mass is 10.0. The molecule has 0 N–H and O–H groups in total. The SMILES string of the molecule is C[C@@H]1C[C@H](n2c(C3CC(=O)N(c4ccnn4C)C3)nc3cnc4ccc(C#N)cc4c32)CCO1. The molecule has 9 nitrogen and oxygen atoms in total. The summed E-state index contributed by atoms with van der Waals surface area (Å²) in [4.78, 5) is 24.5. The number of fused-ring (bicyclic) bond motifs is 3. The molecule has 4 aromatic rings. The highest BCUT2D eigenvalue weighted by Crippen LogP contribution is 2.39. The number of pyridine rings is 1. The van der Waals surface area contributed by atoms with Crippen LogP contribution in [0.15, 0.2) is 36.7 Å². The maximum atomic E-state index is 13.0. The average molecular weight is 456 g/mol. The molecule has 6 rings (SSSR count). The summed E-state index contributed by atoms with van der Waals surface area (Å²) in [7, 11) is 1.85. The van der Waals surface area contributed by atoms with E-state index in [1.807, 2.05) is 31.4 Å². The molecular formula is C25H25N7O2. The van der Waals surface area contributed by atoms with Crippen LogP contribution < -0.4 is 4.90 Å². The molecular weight excluding hydrogens is 430 g/mol. The van der Waals surface area contributed by atoms with E-state index in [0.29, 0.717) is 25.1 Å². The van der Waals surface area contributed by atoms with Crippen LogP contribution in [-0.2, 0) is 16.6 Å². The Morgan fingerprint density at radius 2 is 2.12 bits per heavy atom. The summed E-state index contributed by atoms with van der Waals surface area (Å²) in [6.45, 7) is 3.33. The van der Waals surface area contributed by atoms with Gasteiger partial charge in [-0.1, -0.05) is 0 Å². The summed E-state index contributed by atoms with van der Waals surface area (Å²) in [6.07, 6.45) is 5.79. The number of anilines is 1. The van der Waals surface area contributed by atoms with Gasteiger partial charge in [-0.15, -0.1) is 0 Å². The van der Waals surface area contributed by atoms with Crippen molar-refractivity contribution in [2.45, 2.75) is 44.2 Å². The van der Waals surface area contributed by atoms with E-state index in [1.165, 1.54) is 0 Å². The average Bonchev–Trinajstić information content (AvgIpc) is 3.54. The van der Waals surface area contributed by atoms with Crippen molar-refractivity contribution in [3.05, 3.63) is 48.0 Å². The molecule has 1 unspecified atom stereocenters. The van der Waals surface area contributed by atoms with Crippen molar-refractivity contribution < 1.29 is 9.53 Å². The van der Waals surface area contributed by atoms with Crippen LogP contribution in [0.4, 0.5) is 5.82 Å². The molecule has 1 amide bonds. The van der Waals surface area contributed by atoms with Crippen molar-refractivity contribution in [2.24, 2.45) is 7.05 Å². The summed E-state index contributed by atoms with van der Waals surface area (Å²) < 4.78 is 9.89. The normalized spacial score (nSPS) is 23.1. The summed E-state index contributed by atoms with van der Waals surface area (Å²) in [5.74, 6) is 1.72. The Kier molecular flexibility index (Phi) is 4.85. The Balaban J connectivity index is 1.53. The zero-order chi connectivity index (χ0) is 23.4. The van der Waals surface area contributed by atoms with Gasteiger partial charge in [-0.3, -0.25) is 19.4 Å². The van der Waals surface area contributed by atoms with Crippen LogP contribution in [0.2, 0.25) is 0 Å². The van der Waals surface area contributed by atoms with Crippen LogP contribution >= 0.6 is 0 Å². The minimum Gasteiger partial charge on any atom is -0.378 e. The molecule has 0 radical (unpaired) electrons. The van der Waals surface area contributed by atoms with Gasteiger partial charge >= 0.3 is 0 Å². The predicted molar refractivity (Wildman–Crippen MR) is 126 cm³/mol. The second kappa shape index (κ2) is 7.92. The highest BCUT2D eigenvalue weighted by atomic mass is 16.5. The molecule has 3 atom stereocenters. The van der Waals surface area contributed by atoms with Gasteiger partial charge < -0.3 is 9.30 Å². The van der Waals surface area contributed by atoms with Crippen LogP contribution in [0.25, 0.3) is 21.9 Å². The monoisotopic (exact) mass is 455 g/mol. The molecule has 5 heterocycles. The largest absolute Gasteiger partial charge is 0.378 e. The lowest BCUT2D eigenvalue weighted by Crippen LogP contribution is -2.28. The molecule has 1 aromatic carbocycles. The fraction of sp³-hybridized carbons (Fsp3) is 0.400. The lowest BCUT2D eigenvalue weighted by Gasteiger charge is -2.31. The number of carbonyl (C=O) groups excluding carboxylic acids is 1. The maximum Gasteiger partial charge on any atom is 0.228 e. The second-order valence-corrected chi connectivity index (χ2v) is 9.25. The molecule has 2 aliphatic heterocycles. The molecule has 0 saturated carbocycles. The van der Waals surface area contributed by atoms with Crippen molar-refractivity contribution in [1.82, 2.24) is 24.3 Å². The number of hydrogen-bond acceptors (Lipinski definition) is 6. The van der Waals surface area contributed by atoms with Gasteiger partial charge in [0.15, 0.2) is 0 Å². The van der Waals surface area contributed by atoms with E-state index in [9.17, 15) is 10.1 Å². The van der Waals surface area contributed by atoms with Crippen LogP contribution in [-0.4, -0.2) is 49.5 Å². The van der Waals surface area contributed by atoms with Crippen LogP contribution in [0.3, 0.4) is 0 Å². The first-order chi connectivity index (χ1) is 16.5. The van der Waals surface area contributed by atoms with Crippen molar-refractivity contribution >= 4 is 33.7 Å². The first-order valence-electron chi connectivity index (χ1n) is 11.6. The van der Waals surface area contributed by atoms with Gasteiger partial charge in [0.2, 0.25) is 5.91 Å². The van der Waals surface area contributed by atoms with E-state index >= 15 is 0 Å². The van der Waals surface area contributed by atoms with E-state index in [2.05, 4.69) is 27.6 Å². The van der Waals surface area contributed by atoms with E-state index in [1.54, 1.807) is 21.8 Å². The minimum atomic E-state index is -0.0536. The summed E-state index contributed by atoms with van der Waals surface area (Å²) in [6, 6.07) is 9.89. The third-order valence-electron chi connectivity index (χ3n) is 7.06. The van der Waals surface area contributed by atoms with Gasteiger partial charge in [-0.05, 0) is 38.0 Å². The number of carbonyl (C=O) groups is 1. The Bertz CT molecular complexity index is 1460. The number of amides is 1. The fourth-order valence-corrected chi connectivity index (χ4v) is 5.46. The van der Waals surface area contributed by atoms with Gasteiger partial charge in [-0.2, -0.15) is 10.4 Å². The first-order valence-corrected chi connectivity index (χ1v) is 11.6. The quantitative estimate of drug-likeness (QED) is 0.469. The van der Waals surface area contributed by atoms with E-state index in [4.69, 9.17) is 9.72 Å². The van der Waals surface area contributed by atoms with Crippen molar-refractivity contribution in [3.8, 4) is 6.07 Å². The molecule has 0 bridgehead atoms. The molecule has 34 heavy (non-hydrogen) atoms. The topological polar surface area (TPSA) is 102 Å². The molecule has 2 aliphatic rings. The van der Waals surface area contributed by atoms with E-state index < -0.39 is 0 Å². The smallest absolute Gasteiger partial charge is 0.228 e. The standard InChI is InChI=1S/C25H25N7O2/c1-15-9-18(6-8-34-15)32-24-19-10-16(12-26)3-4-20(19)27-13-21(24)29-25(32)17-11-23(33)31(14-17)22-5-7-28-30(22)2/h3-5,7,10,13,15,17-18H,6,8-9,11,14H2,1-2H3/t15-,17?,18-/m1/s1. The Morgan fingerprint density at radius 1 is 1.24 bits per heavy atom. The van der Waals surface area contributed by atoms with Gasteiger partial charge in [0, 0.05) is 50.0 Å². The zero-order valence-electron chi connectivity index (χ0n) is 19.2. The second-order valence-electron chi connectivity index (χ2n) is 9.25. The first kappa shape index (κ1) is 20.8. The summed E-state index contributed by atoms with van der Waals surface area (Å²) in [5.41, 5.74) is 3.21. The number of hydrogen-bond donors (Lipinski definition) is 0. The van der Waals surface area contributed by atoms with Crippen LogP contribution in [0.1, 0.15) is 49.5 Å². The Morgan fingerprint density at radius 3 is 2.88 bits per heavy atom. The van der Waals surface area contributed by atoms with Crippen LogP contribution in [0.5, 0.6) is 0 Å². The molecule has 0 spiro atoms. The lowest BCUT2D eigenvalue weighted by molar-refractivity contribution is -0.117. The fourth-order valence-electron chi connectivity index (χ4n) is 5.46. The minimum absolute atomic E-state index is 0.0536. The number of aromatic nitrogens is 5. The highest BCUT2D eigenvalue weighted by molar-refractivity contribution is 6.03. The van der Waals surface area contributed by atoms with Crippen molar-refractivity contribution in [1.29, 1.82) is 5.26 Å². The number of aryl methyl sites for hydroxylation is 1. The Hall–Kier alpha value is -3.77. The van der Waals surface area contributed by atoms with Crippen molar-refractivity contribution in [2.75, 3.05) is 18.1 Å². The van der Waals surface area contributed by atoms with Crippen LogP contribution in [0, 0.1) is 11.3 Å². The number of benzene rings is 1. The third kappa shape index (κ3) is 3.25. The van der Waals surface area contributed by atoms with Gasteiger partial charge in [0.1, 0.15) is 17.2 Å². The van der Waals surface area contributed by atoms with Crippen molar-refractivity contribution in [3.63, 3.8) is 0 Å². The maximum absolute atomic E-state index is 13.0. The number of imidazole rings is 1. The molecule has 9 heteroatoms. The number of nitrogens with zero attached hydrogens (tertiary/aromatic N) is 7. The molecule has 172 valence electrons. The molecule has 3 aromatic heterocycles. The number of ether oxygens (including phenoxy) is 1. The number of nitriles is 1. The molecule has 2 saturated heterocycles. The number of rotatable bonds is 3.